The molecule has 1 unspecified atom stereocenters. The van der Waals surface area contributed by atoms with Crippen LogP contribution in [0.4, 0.5) is 5.69 Å². The third kappa shape index (κ3) is 10.6. The van der Waals surface area contributed by atoms with E-state index in [4.69, 9.17) is 4.74 Å². The maximum atomic E-state index is 11.4. The van der Waals surface area contributed by atoms with Crippen LogP contribution < -0.4 is 9.64 Å². The molecular weight excluding hydrogens is 420 g/mol. The summed E-state index contributed by atoms with van der Waals surface area (Å²) in [6.45, 7) is 18.5. The molecule has 1 aromatic carbocycles. The number of anilines is 1. The van der Waals surface area contributed by atoms with Crippen LogP contribution in [0.3, 0.4) is 0 Å². The molecule has 1 aliphatic heterocycles. The maximum Gasteiger partial charge on any atom is 0.136 e. The van der Waals surface area contributed by atoms with Gasteiger partial charge in [0.2, 0.25) is 0 Å². The van der Waals surface area contributed by atoms with Crippen molar-refractivity contribution in [1.82, 2.24) is 14.1 Å². The average Bonchev–Trinajstić information content (AvgIpc) is 3.13. The molecular formula is C25H44N4O2S. The van der Waals surface area contributed by atoms with Crippen molar-refractivity contribution in [1.29, 1.82) is 0 Å². The van der Waals surface area contributed by atoms with Crippen molar-refractivity contribution in [3.63, 3.8) is 0 Å². The number of rotatable bonds is 7. The van der Waals surface area contributed by atoms with Crippen molar-refractivity contribution in [2.24, 2.45) is 5.92 Å². The molecule has 0 N–H and O–H groups in total. The van der Waals surface area contributed by atoms with Gasteiger partial charge in [0.05, 0.1) is 12.8 Å². The quantitative estimate of drug-likeness (QED) is 0.585. The van der Waals surface area contributed by atoms with Crippen LogP contribution in [-0.2, 0) is 17.4 Å². The van der Waals surface area contributed by atoms with Crippen LogP contribution in [-0.4, -0.2) is 63.9 Å². The SMILES string of the molecule is CC.CC(C)C.CCOc1ccc(N2CCCN(CCc3cnn(S(C)=O)c3)CC2)cc1. The zero-order valence-electron chi connectivity index (χ0n) is 21.2. The molecule has 0 radical (unpaired) electrons. The molecule has 182 valence electrons. The Labute approximate surface area is 198 Å². The first-order valence-electron chi connectivity index (χ1n) is 12.0. The molecule has 0 amide bonds. The topological polar surface area (TPSA) is 50.6 Å². The summed E-state index contributed by atoms with van der Waals surface area (Å²) >= 11 is 0. The number of aromatic nitrogens is 2. The summed E-state index contributed by atoms with van der Waals surface area (Å²) in [5.74, 6) is 1.77. The highest BCUT2D eigenvalue weighted by atomic mass is 32.2. The Morgan fingerprint density at radius 2 is 1.72 bits per heavy atom. The second kappa shape index (κ2) is 15.9. The number of benzene rings is 1. The smallest absolute Gasteiger partial charge is 0.136 e. The normalized spacial score (nSPS) is 15.2. The van der Waals surface area contributed by atoms with Crippen LogP contribution in [0.2, 0.25) is 0 Å². The van der Waals surface area contributed by atoms with Crippen LogP contribution in [0.5, 0.6) is 5.75 Å². The van der Waals surface area contributed by atoms with E-state index in [9.17, 15) is 4.21 Å². The highest BCUT2D eigenvalue weighted by Crippen LogP contribution is 2.21. The summed E-state index contributed by atoms with van der Waals surface area (Å²) in [4.78, 5) is 4.96. The first-order valence-corrected chi connectivity index (χ1v) is 13.5. The van der Waals surface area contributed by atoms with Crippen molar-refractivity contribution in [2.45, 2.75) is 54.4 Å². The molecule has 7 heteroatoms. The van der Waals surface area contributed by atoms with Gasteiger partial charge in [0, 0.05) is 44.3 Å². The van der Waals surface area contributed by atoms with E-state index in [2.05, 4.69) is 59.9 Å². The van der Waals surface area contributed by atoms with Crippen LogP contribution in [0, 0.1) is 5.92 Å². The fourth-order valence-electron chi connectivity index (χ4n) is 3.27. The zero-order chi connectivity index (χ0) is 23.9. The first kappa shape index (κ1) is 28.2. The lowest BCUT2D eigenvalue weighted by Gasteiger charge is -2.23. The van der Waals surface area contributed by atoms with Crippen molar-refractivity contribution >= 4 is 16.7 Å². The van der Waals surface area contributed by atoms with E-state index in [-0.39, 0.29) is 0 Å². The summed E-state index contributed by atoms with van der Waals surface area (Å²) < 4.78 is 18.5. The average molecular weight is 465 g/mol. The van der Waals surface area contributed by atoms with Crippen LogP contribution in [0.15, 0.2) is 36.7 Å². The monoisotopic (exact) mass is 464 g/mol. The second-order valence-electron chi connectivity index (χ2n) is 8.27. The largest absolute Gasteiger partial charge is 0.494 e. The predicted octanol–water partition coefficient (Wildman–Crippen LogP) is 4.87. The standard InChI is InChI=1S/C19H28N4O2S.C4H10.C2H6/c1-3-25-19-7-5-18(6-8-19)22-11-4-10-21(13-14-22)12-9-17-15-20-23(16-17)26(2)24;1-4(2)3;1-2/h5-8,15-16H,3-4,9-14H2,1-2H3;4H,1-3H3;1-2H3. The third-order valence-corrected chi connectivity index (χ3v) is 5.42. The molecule has 0 aliphatic carbocycles. The van der Waals surface area contributed by atoms with Gasteiger partial charge in [-0.3, -0.25) is 0 Å². The Balaban J connectivity index is 0.000000769. The Bertz CT molecular complexity index is 759. The van der Waals surface area contributed by atoms with E-state index in [0.29, 0.717) is 6.61 Å². The summed E-state index contributed by atoms with van der Waals surface area (Å²) in [5, 5.41) is 4.15. The third-order valence-electron chi connectivity index (χ3n) is 4.70. The first-order chi connectivity index (χ1) is 15.4. The van der Waals surface area contributed by atoms with Gasteiger partial charge in [-0.2, -0.15) is 9.19 Å². The van der Waals surface area contributed by atoms with E-state index in [1.807, 2.05) is 33.2 Å². The molecule has 2 aromatic rings. The maximum absolute atomic E-state index is 11.4. The van der Waals surface area contributed by atoms with Crippen molar-refractivity contribution in [3.8, 4) is 5.75 Å². The van der Waals surface area contributed by atoms with Gasteiger partial charge >= 0.3 is 0 Å². The Kier molecular flexibility index (Phi) is 14.0. The van der Waals surface area contributed by atoms with Gasteiger partial charge < -0.3 is 14.5 Å². The van der Waals surface area contributed by atoms with Gasteiger partial charge in [0.15, 0.2) is 0 Å². The van der Waals surface area contributed by atoms with Gasteiger partial charge in [-0.05, 0) is 62.1 Å². The Hall–Kier alpha value is -1.86. The predicted molar refractivity (Wildman–Crippen MR) is 138 cm³/mol. The highest BCUT2D eigenvalue weighted by Gasteiger charge is 2.15. The van der Waals surface area contributed by atoms with Gasteiger partial charge in [-0.1, -0.05) is 34.6 Å². The minimum absolute atomic E-state index is 0.699. The van der Waals surface area contributed by atoms with E-state index in [1.54, 1.807) is 6.26 Å². The lowest BCUT2D eigenvalue weighted by molar-refractivity contribution is 0.297. The minimum Gasteiger partial charge on any atom is -0.494 e. The molecule has 3 rings (SSSR count). The van der Waals surface area contributed by atoms with Crippen molar-refractivity contribution in [3.05, 3.63) is 42.2 Å². The lowest BCUT2D eigenvalue weighted by atomic mass is 10.2. The van der Waals surface area contributed by atoms with Crippen LogP contribution in [0.1, 0.15) is 53.5 Å². The Morgan fingerprint density at radius 3 is 2.28 bits per heavy atom. The summed E-state index contributed by atoms with van der Waals surface area (Å²) in [7, 11) is -1.07. The number of hydrogen-bond donors (Lipinski definition) is 0. The molecule has 0 bridgehead atoms. The number of ether oxygens (including phenoxy) is 1. The summed E-state index contributed by atoms with van der Waals surface area (Å²) in [6.07, 6.45) is 7.46. The number of hydrogen-bond acceptors (Lipinski definition) is 5. The minimum atomic E-state index is -1.07. The molecule has 6 nitrogen and oxygen atoms in total. The van der Waals surface area contributed by atoms with Crippen molar-refractivity contribution < 1.29 is 8.95 Å². The molecule has 32 heavy (non-hydrogen) atoms. The fraction of sp³-hybridized carbons (Fsp3) is 0.640. The van der Waals surface area contributed by atoms with Gasteiger partial charge in [0.25, 0.3) is 0 Å². The van der Waals surface area contributed by atoms with E-state index >= 15 is 0 Å². The van der Waals surface area contributed by atoms with Gasteiger partial charge in [-0.15, -0.1) is 0 Å². The fourth-order valence-corrected chi connectivity index (χ4v) is 3.73. The summed E-state index contributed by atoms with van der Waals surface area (Å²) in [5.41, 5.74) is 2.41. The van der Waals surface area contributed by atoms with Crippen LogP contribution >= 0.6 is 0 Å². The number of nitrogens with zero attached hydrogens (tertiary/aromatic N) is 4. The van der Waals surface area contributed by atoms with E-state index < -0.39 is 11.0 Å². The van der Waals surface area contributed by atoms with E-state index in [0.717, 1.165) is 62.8 Å². The highest BCUT2D eigenvalue weighted by molar-refractivity contribution is 7.82. The second-order valence-corrected chi connectivity index (χ2v) is 9.49. The van der Waals surface area contributed by atoms with Crippen molar-refractivity contribution in [2.75, 3.05) is 50.5 Å². The molecule has 0 spiro atoms. The molecule has 2 heterocycles. The molecule has 1 atom stereocenters. The molecule has 1 aliphatic rings. The lowest BCUT2D eigenvalue weighted by Crippen LogP contribution is -2.32. The van der Waals surface area contributed by atoms with Gasteiger partial charge in [0.1, 0.15) is 16.7 Å². The molecule has 0 saturated carbocycles. The zero-order valence-corrected chi connectivity index (χ0v) is 22.0. The molecule has 1 saturated heterocycles. The summed E-state index contributed by atoms with van der Waals surface area (Å²) in [6, 6.07) is 8.41. The van der Waals surface area contributed by atoms with Gasteiger partial charge in [-0.25, -0.2) is 4.21 Å². The van der Waals surface area contributed by atoms with E-state index in [1.165, 1.54) is 9.77 Å². The molecule has 1 aromatic heterocycles. The van der Waals surface area contributed by atoms with Crippen LogP contribution in [0.25, 0.3) is 0 Å². The molecule has 1 fully saturated rings. The Morgan fingerprint density at radius 1 is 1.06 bits per heavy atom.